The molecule has 3 rings (SSSR count). The summed E-state index contributed by atoms with van der Waals surface area (Å²) in [5.74, 6) is 1.04. The molecule has 4 nitrogen and oxygen atoms in total. The van der Waals surface area contributed by atoms with Crippen LogP contribution in [0.25, 0.3) is 0 Å². The first kappa shape index (κ1) is 13.9. The lowest BCUT2D eigenvalue weighted by molar-refractivity contribution is 0.0294. The summed E-state index contributed by atoms with van der Waals surface area (Å²) < 4.78 is 11.0. The molecule has 1 aromatic carbocycles. The summed E-state index contributed by atoms with van der Waals surface area (Å²) in [5.41, 5.74) is 8.68. The van der Waals surface area contributed by atoms with Gasteiger partial charge in [-0.05, 0) is 37.1 Å². The van der Waals surface area contributed by atoms with Gasteiger partial charge in [0.2, 0.25) is 0 Å². The Morgan fingerprint density at radius 1 is 1.30 bits per heavy atom. The molecule has 4 heteroatoms. The van der Waals surface area contributed by atoms with E-state index in [2.05, 4.69) is 30.1 Å². The molecule has 1 atom stereocenters. The van der Waals surface area contributed by atoms with E-state index in [1.54, 1.807) is 0 Å². The van der Waals surface area contributed by atoms with Crippen LogP contribution in [0.4, 0.5) is 0 Å². The van der Waals surface area contributed by atoms with Crippen molar-refractivity contribution in [3.63, 3.8) is 0 Å². The minimum absolute atomic E-state index is 0.281. The molecule has 2 aliphatic rings. The summed E-state index contributed by atoms with van der Waals surface area (Å²) in [5, 5.41) is 0. The minimum atomic E-state index is 0.281. The normalized spacial score (nSPS) is 20.8. The number of fused-ring (bicyclic) bond motifs is 1. The molecule has 1 aromatic rings. The van der Waals surface area contributed by atoms with Crippen LogP contribution in [0, 0.1) is 0 Å². The van der Waals surface area contributed by atoms with E-state index in [-0.39, 0.29) is 6.04 Å². The molecule has 2 N–H and O–H groups in total. The van der Waals surface area contributed by atoms with Crippen LogP contribution < -0.4 is 10.5 Å². The van der Waals surface area contributed by atoms with Crippen LogP contribution in [-0.4, -0.2) is 44.4 Å². The predicted octanol–water partition coefficient (Wildman–Crippen LogP) is 1.73. The predicted molar refractivity (Wildman–Crippen MR) is 79.0 cm³/mol. The van der Waals surface area contributed by atoms with Crippen molar-refractivity contribution in [1.29, 1.82) is 0 Å². The summed E-state index contributed by atoms with van der Waals surface area (Å²) >= 11 is 0. The van der Waals surface area contributed by atoms with Crippen molar-refractivity contribution in [2.24, 2.45) is 5.73 Å². The minimum Gasteiger partial charge on any atom is -0.493 e. The van der Waals surface area contributed by atoms with Crippen LogP contribution in [0.1, 0.15) is 30.0 Å². The number of hydrogen-bond donors (Lipinski definition) is 1. The second-order valence-corrected chi connectivity index (χ2v) is 5.73. The summed E-state index contributed by atoms with van der Waals surface area (Å²) in [7, 11) is 2.19. The summed E-state index contributed by atoms with van der Waals surface area (Å²) in [6.07, 6.45) is 3.21. The highest BCUT2D eigenvalue weighted by molar-refractivity contribution is 5.41. The summed E-state index contributed by atoms with van der Waals surface area (Å²) in [6.45, 7) is 3.18. The van der Waals surface area contributed by atoms with Gasteiger partial charge in [-0.3, -0.25) is 4.90 Å². The van der Waals surface area contributed by atoms with Crippen molar-refractivity contribution in [3.05, 3.63) is 29.3 Å². The van der Waals surface area contributed by atoms with Crippen molar-refractivity contribution in [2.75, 3.05) is 33.4 Å². The van der Waals surface area contributed by atoms with E-state index in [1.807, 2.05) is 0 Å². The maximum absolute atomic E-state index is 6.05. The summed E-state index contributed by atoms with van der Waals surface area (Å²) in [4.78, 5) is 2.43. The second kappa shape index (κ2) is 6.12. The Morgan fingerprint density at radius 2 is 2.10 bits per heavy atom. The third kappa shape index (κ3) is 2.68. The van der Waals surface area contributed by atoms with E-state index >= 15 is 0 Å². The van der Waals surface area contributed by atoms with Gasteiger partial charge in [0.15, 0.2) is 0 Å². The highest BCUT2D eigenvalue weighted by atomic mass is 16.5. The zero-order valence-corrected chi connectivity index (χ0v) is 12.2. The molecule has 0 saturated carbocycles. The Balaban J connectivity index is 1.78. The molecule has 2 heterocycles. The van der Waals surface area contributed by atoms with Crippen molar-refractivity contribution in [2.45, 2.75) is 31.3 Å². The largest absolute Gasteiger partial charge is 0.493 e. The lowest BCUT2D eigenvalue weighted by atomic mass is 9.98. The van der Waals surface area contributed by atoms with E-state index in [1.165, 1.54) is 11.1 Å². The highest BCUT2D eigenvalue weighted by Crippen LogP contribution is 2.31. The van der Waals surface area contributed by atoms with Gasteiger partial charge < -0.3 is 15.2 Å². The molecule has 1 unspecified atom stereocenters. The third-order valence-electron chi connectivity index (χ3n) is 4.58. The molecule has 110 valence electrons. The molecular weight excluding hydrogens is 252 g/mol. The monoisotopic (exact) mass is 276 g/mol. The fraction of sp³-hybridized carbons (Fsp3) is 0.625. The summed E-state index contributed by atoms with van der Waals surface area (Å²) in [6, 6.07) is 7.39. The first-order valence-electron chi connectivity index (χ1n) is 7.55. The van der Waals surface area contributed by atoms with Crippen molar-refractivity contribution >= 4 is 0 Å². The Labute approximate surface area is 120 Å². The quantitative estimate of drug-likeness (QED) is 0.910. The lowest BCUT2D eigenvalue weighted by Gasteiger charge is -2.37. The van der Waals surface area contributed by atoms with Gasteiger partial charge in [-0.15, -0.1) is 0 Å². The zero-order valence-electron chi connectivity index (χ0n) is 12.2. The van der Waals surface area contributed by atoms with Gasteiger partial charge in [0, 0.05) is 38.3 Å². The second-order valence-electron chi connectivity index (χ2n) is 5.73. The highest BCUT2D eigenvalue weighted by Gasteiger charge is 2.26. The van der Waals surface area contributed by atoms with Crippen molar-refractivity contribution in [1.82, 2.24) is 4.90 Å². The molecule has 0 bridgehead atoms. The SMILES string of the molecule is CN(C1CCOCC1)C(CN)c1ccc2c(c1)CCO2. The molecule has 0 aliphatic carbocycles. The number of likely N-dealkylation sites (N-methyl/N-ethyl adjacent to an activating group) is 1. The van der Waals surface area contributed by atoms with E-state index in [0.29, 0.717) is 12.6 Å². The van der Waals surface area contributed by atoms with Crippen LogP contribution in [0.5, 0.6) is 5.75 Å². The molecule has 0 amide bonds. The van der Waals surface area contributed by atoms with Crippen molar-refractivity contribution < 1.29 is 9.47 Å². The lowest BCUT2D eigenvalue weighted by Crippen LogP contribution is -2.41. The average Bonchev–Trinajstić information content (AvgIpc) is 2.96. The fourth-order valence-corrected chi connectivity index (χ4v) is 3.30. The Kier molecular flexibility index (Phi) is 4.24. The van der Waals surface area contributed by atoms with Crippen LogP contribution in [-0.2, 0) is 11.2 Å². The topological polar surface area (TPSA) is 47.7 Å². The van der Waals surface area contributed by atoms with Crippen molar-refractivity contribution in [3.8, 4) is 5.75 Å². The molecule has 1 saturated heterocycles. The molecule has 1 fully saturated rings. The number of nitrogens with zero attached hydrogens (tertiary/aromatic N) is 1. The molecule has 0 aromatic heterocycles. The van der Waals surface area contributed by atoms with Gasteiger partial charge in [-0.25, -0.2) is 0 Å². The van der Waals surface area contributed by atoms with E-state index < -0.39 is 0 Å². The number of hydrogen-bond acceptors (Lipinski definition) is 4. The van der Waals surface area contributed by atoms with E-state index in [4.69, 9.17) is 15.2 Å². The van der Waals surface area contributed by atoms with Gasteiger partial charge in [0.05, 0.1) is 6.61 Å². The Morgan fingerprint density at radius 3 is 2.85 bits per heavy atom. The van der Waals surface area contributed by atoms with Gasteiger partial charge >= 0.3 is 0 Å². The standard InChI is InChI=1S/C16H24N2O2/c1-18(14-5-7-19-8-6-14)15(11-17)12-2-3-16-13(10-12)4-9-20-16/h2-3,10,14-15H,4-9,11,17H2,1H3. The molecule has 2 aliphatic heterocycles. The maximum Gasteiger partial charge on any atom is 0.122 e. The molecule has 0 radical (unpaired) electrons. The van der Waals surface area contributed by atoms with Gasteiger partial charge in [-0.2, -0.15) is 0 Å². The van der Waals surface area contributed by atoms with E-state index in [0.717, 1.165) is 44.8 Å². The third-order valence-corrected chi connectivity index (χ3v) is 4.58. The average molecular weight is 276 g/mol. The number of benzene rings is 1. The zero-order chi connectivity index (χ0) is 13.9. The van der Waals surface area contributed by atoms with Gasteiger partial charge in [-0.1, -0.05) is 12.1 Å². The molecule has 20 heavy (non-hydrogen) atoms. The first-order valence-corrected chi connectivity index (χ1v) is 7.55. The van der Waals surface area contributed by atoms with Crippen LogP contribution in [0.15, 0.2) is 18.2 Å². The van der Waals surface area contributed by atoms with E-state index in [9.17, 15) is 0 Å². The van der Waals surface area contributed by atoms with Crippen LogP contribution in [0.2, 0.25) is 0 Å². The molecule has 0 spiro atoms. The smallest absolute Gasteiger partial charge is 0.122 e. The Bertz CT molecular complexity index is 458. The maximum atomic E-state index is 6.05. The van der Waals surface area contributed by atoms with Crippen LogP contribution in [0.3, 0.4) is 0 Å². The molecular formula is C16H24N2O2. The Hall–Kier alpha value is -1.10. The first-order chi connectivity index (χ1) is 9.79. The van der Waals surface area contributed by atoms with Gasteiger partial charge in [0.25, 0.3) is 0 Å². The number of ether oxygens (including phenoxy) is 2. The van der Waals surface area contributed by atoms with Crippen LogP contribution >= 0.6 is 0 Å². The number of nitrogens with two attached hydrogens (primary N) is 1. The number of rotatable bonds is 4. The van der Waals surface area contributed by atoms with Gasteiger partial charge in [0.1, 0.15) is 5.75 Å². The fourth-order valence-electron chi connectivity index (χ4n) is 3.30.